The molecule has 22 heavy (non-hydrogen) atoms. The number of rotatable bonds is 15. The molecule has 0 saturated carbocycles. The first-order valence-corrected chi connectivity index (χ1v) is 9.10. The van der Waals surface area contributed by atoms with Crippen LogP contribution in [0.2, 0.25) is 0 Å². The summed E-state index contributed by atoms with van der Waals surface area (Å²) in [6.07, 6.45) is 17.3. The lowest BCUT2D eigenvalue weighted by molar-refractivity contribution is 0.0709. The molecule has 132 valence electrons. The highest BCUT2D eigenvalue weighted by Crippen LogP contribution is 2.11. The highest BCUT2D eigenvalue weighted by molar-refractivity contribution is 4.99. The van der Waals surface area contributed by atoms with Crippen LogP contribution in [0.15, 0.2) is 12.2 Å². The Labute approximate surface area is 137 Å². The largest absolute Gasteiger partial charge is 0.394 e. The van der Waals surface area contributed by atoms with E-state index in [0.717, 1.165) is 6.42 Å². The molecule has 0 aliphatic rings. The molecule has 0 radical (unpaired) electrons. The van der Waals surface area contributed by atoms with Gasteiger partial charge in [0, 0.05) is 6.04 Å². The fourth-order valence-corrected chi connectivity index (χ4v) is 2.51. The average Bonchev–Trinajstić information content (AvgIpc) is 2.54. The summed E-state index contributed by atoms with van der Waals surface area (Å²) in [6, 6.07) is -1.00. The van der Waals surface area contributed by atoms with Gasteiger partial charge >= 0.3 is 0 Å². The van der Waals surface area contributed by atoms with Crippen LogP contribution in [-0.2, 0) is 0 Å². The summed E-state index contributed by atoms with van der Waals surface area (Å²) < 4.78 is 0. The second-order valence-corrected chi connectivity index (χ2v) is 6.30. The van der Waals surface area contributed by atoms with E-state index in [1.165, 1.54) is 64.2 Å². The van der Waals surface area contributed by atoms with Gasteiger partial charge in [-0.15, -0.1) is 0 Å². The third kappa shape index (κ3) is 12.2. The van der Waals surface area contributed by atoms with Gasteiger partial charge in [0.1, 0.15) is 0 Å². The molecule has 0 spiro atoms. The van der Waals surface area contributed by atoms with Gasteiger partial charge < -0.3 is 21.7 Å². The molecule has 0 saturated heterocycles. The van der Waals surface area contributed by atoms with Crippen LogP contribution in [0.3, 0.4) is 0 Å². The van der Waals surface area contributed by atoms with E-state index < -0.39 is 18.2 Å². The second-order valence-electron chi connectivity index (χ2n) is 6.30. The molecule has 0 aromatic carbocycles. The first kappa shape index (κ1) is 21.6. The minimum absolute atomic E-state index is 0.346. The summed E-state index contributed by atoms with van der Waals surface area (Å²) in [5, 5.41) is 18.2. The molecule has 0 bridgehead atoms. The van der Waals surface area contributed by atoms with E-state index in [1.807, 2.05) is 12.2 Å². The van der Waals surface area contributed by atoms with Crippen LogP contribution in [0.5, 0.6) is 0 Å². The Bertz CT molecular complexity index is 259. The van der Waals surface area contributed by atoms with Crippen LogP contribution in [0.1, 0.15) is 77.6 Å². The predicted molar refractivity (Wildman–Crippen MR) is 94.6 cm³/mol. The Balaban J connectivity index is 3.40. The minimum atomic E-state index is -0.947. The fourth-order valence-electron chi connectivity index (χ4n) is 2.51. The Hall–Kier alpha value is -0.420. The van der Waals surface area contributed by atoms with Gasteiger partial charge in [0.25, 0.3) is 0 Å². The Morgan fingerprint density at radius 3 is 1.86 bits per heavy atom. The molecular formula is C18H38N2O2. The van der Waals surface area contributed by atoms with Gasteiger partial charge in [0.2, 0.25) is 0 Å². The smallest absolute Gasteiger partial charge is 0.0939 e. The first-order valence-electron chi connectivity index (χ1n) is 9.10. The van der Waals surface area contributed by atoms with Crippen LogP contribution in [-0.4, -0.2) is 35.0 Å². The number of allylic oxidation sites excluding steroid dienone is 1. The molecular weight excluding hydrogens is 276 g/mol. The minimum Gasteiger partial charge on any atom is -0.394 e. The van der Waals surface area contributed by atoms with Gasteiger partial charge in [-0.2, -0.15) is 0 Å². The van der Waals surface area contributed by atoms with Crippen molar-refractivity contribution in [1.82, 2.24) is 0 Å². The summed E-state index contributed by atoms with van der Waals surface area (Å²) in [5.41, 5.74) is 11.6. The van der Waals surface area contributed by atoms with Crippen LogP contribution < -0.4 is 11.5 Å². The number of hydrogen-bond donors (Lipinski definition) is 4. The van der Waals surface area contributed by atoms with Crippen LogP contribution in [0.25, 0.3) is 0 Å². The fraction of sp³-hybridized carbons (Fsp3) is 0.889. The Morgan fingerprint density at radius 1 is 0.864 bits per heavy atom. The van der Waals surface area contributed by atoms with Crippen molar-refractivity contribution in [3.8, 4) is 0 Å². The van der Waals surface area contributed by atoms with E-state index in [-0.39, 0.29) is 6.61 Å². The van der Waals surface area contributed by atoms with Crippen molar-refractivity contribution >= 4 is 0 Å². The van der Waals surface area contributed by atoms with Crippen LogP contribution >= 0.6 is 0 Å². The molecule has 0 heterocycles. The van der Waals surface area contributed by atoms with Crippen molar-refractivity contribution < 1.29 is 10.2 Å². The maximum Gasteiger partial charge on any atom is 0.0939 e. The SMILES string of the molecule is CCCCCCCCCCCC/C=C/C(N)C(N)C(O)CO. The molecule has 0 rings (SSSR count). The lowest BCUT2D eigenvalue weighted by Gasteiger charge is -2.20. The Morgan fingerprint density at radius 2 is 1.36 bits per heavy atom. The van der Waals surface area contributed by atoms with Crippen molar-refractivity contribution in [1.29, 1.82) is 0 Å². The van der Waals surface area contributed by atoms with Gasteiger partial charge in [-0.3, -0.25) is 0 Å². The molecule has 0 fully saturated rings. The van der Waals surface area contributed by atoms with E-state index in [2.05, 4.69) is 6.92 Å². The van der Waals surface area contributed by atoms with E-state index in [4.69, 9.17) is 16.6 Å². The molecule has 0 aromatic rings. The van der Waals surface area contributed by atoms with Crippen molar-refractivity contribution in [3.05, 3.63) is 12.2 Å². The molecule has 4 nitrogen and oxygen atoms in total. The Kier molecular flexibility index (Phi) is 15.2. The summed E-state index contributed by atoms with van der Waals surface area (Å²) in [7, 11) is 0. The molecule has 0 amide bonds. The van der Waals surface area contributed by atoms with Gasteiger partial charge in [0.05, 0.1) is 18.8 Å². The van der Waals surface area contributed by atoms with Crippen LogP contribution in [0, 0.1) is 0 Å². The highest BCUT2D eigenvalue weighted by atomic mass is 16.3. The van der Waals surface area contributed by atoms with E-state index >= 15 is 0 Å². The molecule has 6 N–H and O–H groups in total. The monoisotopic (exact) mass is 314 g/mol. The standard InChI is InChI=1S/C18H38N2O2/c1-2-3-4-5-6-7-8-9-10-11-12-13-14-16(19)18(20)17(22)15-21/h13-14,16-18,21-22H,2-12,15,19-20H2,1H3/b14-13+. The number of nitrogens with two attached hydrogens (primary N) is 2. The zero-order chi connectivity index (χ0) is 16.6. The zero-order valence-corrected chi connectivity index (χ0v) is 14.4. The topological polar surface area (TPSA) is 92.5 Å². The van der Waals surface area contributed by atoms with Crippen molar-refractivity contribution in [3.63, 3.8) is 0 Å². The third-order valence-corrected chi connectivity index (χ3v) is 4.16. The van der Waals surface area contributed by atoms with Gasteiger partial charge in [-0.25, -0.2) is 0 Å². The lowest BCUT2D eigenvalue weighted by Crippen LogP contribution is -2.49. The number of aliphatic hydroxyl groups excluding tert-OH is 2. The molecule has 0 aliphatic heterocycles. The quantitative estimate of drug-likeness (QED) is 0.276. The van der Waals surface area contributed by atoms with Gasteiger partial charge in [-0.1, -0.05) is 76.9 Å². The molecule has 3 unspecified atom stereocenters. The maximum absolute atomic E-state index is 9.40. The van der Waals surface area contributed by atoms with Crippen LogP contribution in [0.4, 0.5) is 0 Å². The van der Waals surface area contributed by atoms with E-state index in [9.17, 15) is 5.11 Å². The van der Waals surface area contributed by atoms with Gasteiger partial charge in [-0.05, 0) is 12.8 Å². The van der Waals surface area contributed by atoms with E-state index in [0.29, 0.717) is 0 Å². The molecule has 4 heteroatoms. The van der Waals surface area contributed by atoms with Crippen molar-refractivity contribution in [2.45, 2.75) is 95.7 Å². The summed E-state index contributed by atoms with van der Waals surface area (Å²) >= 11 is 0. The summed E-state index contributed by atoms with van der Waals surface area (Å²) in [4.78, 5) is 0. The average molecular weight is 315 g/mol. The number of unbranched alkanes of at least 4 members (excludes halogenated alkanes) is 10. The molecule has 0 aliphatic carbocycles. The zero-order valence-electron chi connectivity index (χ0n) is 14.4. The van der Waals surface area contributed by atoms with Crippen molar-refractivity contribution in [2.24, 2.45) is 11.5 Å². The third-order valence-electron chi connectivity index (χ3n) is 4.16. The normalized spacial score (nSPS) is 16.0. The lowest BCUT2D eigenvalue weighted by atomic mass is 10.0. The first-order chi connectivity index (χ1) is 10.6. The molecule has 0 aromatic heterocycles. The highest BCUT2D eigenvalue weighted by Gasteiger charge is 2.18. The summed E-state index contributed by atoms with van der Waals surface area (Å²) in [6.45, 7) is 1.91. The molecule has 3 atom stereocenters. The summed E-state index contributed by atoms with van der Waals surface area (Å²) in [5.74, 6) is 0. The predicted octanol–water partition coefficient (Wildman–Crippen LogP) is 2.86. The van der Waals surface area contributed by atoms with Gasteiger partial charge in [0.15, 0.2) is 0 Å². The maximum atomic E-state index is 9.40. The number of aliphatic hydroxyl groups is 2. The van der Waals surface area contributed by atoms with E-state index in [1.54, 1.807) is 0 Å². The number of hydrogen-bond acceptors (Lipinski definition) is 4. The van der Waals surface area contributed by atoms with Crippen molar-refractivity contribution in [2.75, 3.05) is 6.61 Å². The second kappa shape index (κ2) is 15.5.